The molecule has 8 nitrogen and oxygen atoms in total. The molecule has 0 bridgehead atoms. The van der Waals surface area contributed by atoms with E-state index in [0.717, 1.165) is 5.69 Å². The number of hydrogen-bond donors (Lipinski definition) is 1. The summed E-state index contributed by atoms with van der Waals surface area (Å²) in [6, 6.07) is 3.21. The highest BCUT2D eigenvalue weighted by Gasteiger charge is 2.11. The molecule has 0 radical (unpaired) electrons. The summed E-state index contributed by atoms with van der Waals surface area (Å²) >= 11 is 1.36. The topological polar surface area (TPSA) is 98.5 Å². The number of anilines is 1. The Hall–Kier alpha value is -2.68. The van der Waals surface area contributed by atoms with Gasteiger partial charge in [0.2, 0.25) is 0 Å². The number of hydrogen-bond acceptors (Lipinski definition) is 7. The van der Waals surface area contributed by atoms with Gasteiger partial charge < -0.3 is 0 Å². The second kappa shape index (κ2) is 5.13. The van der Waals surface area contributed by atoms with Crippen LogP contribution in [0.3, 0.4) is 0 Å². The van der Waals surface area contributed by atoms with Crippen LogP contribution in [0.15, 0.2) is 30.2 Å². The maximum absolute atomic E-state index is 11.9. The first-order valence-corrected chi connectivity index (χ1v) is 6.52. The summed E-state index contributed by atoms with van der Waals surface area (Å²) in [6.45, 7) is 1.86. The normalized spacial score (nSPS) is 10.4. The van der Waals surface area contributed by atoms with E-state index in [1.807, 2.05) is 12.3 Å². The molecule has 0 aliphatic rings. The molecule has 0 spiro atoms. The van der Waals surface area contributed by atoms with E-state index in [0.29, 0.717) is 10.9 Å². The fourth-order valence-electron chi connectivity index (χ4n) is 1.47. The SMILES string of the molecule is Cc1csc(NC(=O)c2ccc(-n3cncn3)nn2)n1. The molecule has 0 fully saturated rings. The van der Waals surface area contributed by atoms with Crippen LogP contribution in [-0.2, 0) is 0 Å². The van der Waals surface area contributed by atoms with Crippen molar-refractivity contribution in [3.63, 3.8) is 0 Å². The molecule has 0 aliphatic heterocycles. The minimum atomic E-state index is -0.350. The summed E-state index contributed by atoms with van der Waals surface area (Å²) < 4.78 is 1.46. The molecule has 0 saturated carbocycles. The van der Waals surface area contributed by atoms with Crippen molar-refractivity contribution in [2.45, 2.75) is 6.92 Å². The number of amides is 1. The first-order valence-electron chi connectivity index (χ1n) is 5.64. The number of nitrogens with zero attached hydrogens (tertiary/aromatic N) is 6. The molecular formula is C11H9N7OS. The second-order valence-corrected chi connectivity index (χ2v) is 4.72. The largest absolute Gasteiger partial charge is 0.296 e. The summed E-state index contributed by atoms with van der Waals surface area (Å²) in [4.78, 5) is 19.9. The first kappa shape index (κ1) is 12.4. The molecule has 1 amide bonds. The van der Waals surface area contributed by atoms with Crippen molar-refractivity contribution in [2.24, 2.45) is 0 Å². The third-order valence-electron chi connectivity index (χ3n) is 2.38. The fourth-order valence-corrected chi connectivity index (χ4v) is 2.15. The standard InChI is InChI=1S/C11H9N7OS/c1-7-4-20-11(14-7)15-10(19)8-2-3-9(17-16-8)18-6-12-5-13-18/h2-6H,1H3,(H,14,15,19). The predicted octanol–water partition coefficient (Wildman–Crippen LogP) is 1.07. The van der Waals surface area contributed by atoms with E-state index in [-0.39, 0.29) is 11.6 Å². The molecule has 0 atom stereocenters. The number of nitrogens with one attached hydrogen (secondary N) is 1. The Bertz CT molecular complexity index is 720. The first-order chi connectivity index (χ1) is 9.72. The van der Waals surface area contributed by atoms with Gasteiger partial charge >= 0.3 is 0 Å². The Morgan fingerprint density at radius 1 is 1.35 bits per heavy atom. The summed E-state index contributed by atoms with van der Waals surface area (Å²) in [5.41, 5.74) is 1.07. The molecule has 1 N–H and O–H groups in total. The van der Waals surface area contributed by atoms with Crippen LogP contribution >= 0.6 is 11.3 Å². The molecule has 3 rings (SSSR count). The summed E-state index contributed by atoms with van der Waals surface area (Å²) in [5.74, 6) is 0.140. The summed E-state index contributed by atoms with van der Waals surface area (Å²) in [6.07, 6.45) is 2.90. The molecule has 9 heteroatoms. The summed E-state index contributed by atoms with van der Waals surface area (Å²) in [7, 11) is 0. The van der Waals surface area contributed by atoms with Gasteiger partial charge in [0.1, 0.15) is 12.7 Å². The van der Waals surface area contributed by atoms with Gasteiger partial charge in [-0.2, -0.15) is 5.10 Å². The van der Waals surface area contributed by atoms with Gasteiger partial charge in [-0.05, 0) is 19.1 Å². The second-order valence-electron chi connectivity index (χ2n) is 3.86. The van der Waals surface area contributed by atoms with Gasteiger partial charge in [0.15, 0.2) is 16.6 Å². The fraction of sp³-hybridized carbons (Fsp3) is 0.0909. The van der Waals surface area contributed by atoms with Crippen molar-refractivity contribution < 1.29 is 4.79 Å². The van der Waals surface area contributed by atoms with Crippen LogP contribution in [0.5, 0.6) is 0 Å². The minimum absolute atomic E-state index is 0.210. The van der Waals surface area contributed by atoms with Crippen molar-refractivity contribution in [3.8, 4) is 5.82 Å². The average molecular weight is 287 g/mol. The summed E-state index contributed by atoms with van der Waals surface area (Å²) in [5, 5.41) is 16.8. The molecule has 0 unspecified atom stereocenters. The van der Waals surface area contributed by atoms with Crippen molar-refractivity contribution in [2.75, 3.05) is 5.32 Å². The number of aryl methyl sites for hydroxylation is 1. The average Bonchev–Trinajstić information content (AvgIpc) is 3.11. The predicted molar refractivity (Wildman–Crippen MR) is 71.8 cm³/mol. The molecule has 20 heavy (non-hydrogen) atoms. The lowest BCUT2D eigenvalue weighted by atomic mass is 10.3. The van der Waals surface area contributed by atoms with Gasteiger partial charge in [0, 0.05) is 5.38 Å². The quantitative estimate of drug-likeness (QED) is 0.773. The highest BCUT2D eigenvalue weighted by Crippen LogP contribution is 2.15. The van der Waals surface area contributed by atoms with Gasteiger partial charge in [-0.25, -0.2) is 14.6 Å². The number of aromatic nitrogens is 6. The van der Waals surface area contributed by atoms with Crippen molar-refractivity contribution in [1.82, 2.24) is 29.9 Å². The van der Waals surface area contributed by atoms with Crippen LogP contribution in [0.1, 0.15) is 16.2 Å². The zero-order chi connectivity index (χ0) is 13.9. The number of rotatable bonds is 3. The van der Waals surface area contributed by atoms with E-state index in [2.05, 4.69) is 30.6 Å². The van der Waals surface area contributed by atoms with Crippen molar-refractivity contribution in [1.29, 1.82) is 0 Å². The zero-order valence-corrected chi connectivity index (χ0v) is 11.2. The van der Waals surface area contributed by atoms with Crippen LogP contribution < -0.4 is 5.32 Å². The third-order valence-corrected chi connectivity index (χ3v) is 3.25. The van der Waals surface area contributed by atoms with Gasteiger partial charge in [-0.15, -0.1) is 21.5 Å². The number of carbonyl (C=O) groups is 1. The molecule has 3 aromatic rings. The van der Waals surface area contributed by atoms with Crippen LogP contribution in [0, 0.1) is 6.92 Å². The molecule has 0 aliphatic carbocycles. The Kier molecular flexibility index (Phi) is 3.17. The van der Waals surface area contributed by atoms with Gasteiger partial charge in [0.05, 0.1) is 5.69 Å². The maximum atomic E-state index is 11.9. The molecule has 100 valence electrons. The molecule has 3 aromatic heterocycles. The van der Waals surface area contributed by atoms with Crippen molar-refractivity contribution >= 4 is 22.4 Å². The zero-order valence-electron chi connectivity index (χ0n) is 10.4. The minimum Gasteiger partial charge on any atom is -0.296 e. The van der Waals surface area contributed by atoms with Crippen LogP contribution in [0.25, 0.3) is 5.82 Å². The van der Waals surface area contributed by atoms with Gasteiger partial charge in [-0.3, -0.25) is 10.1 Å². The highest BCUT2D eigenvalue weighted by molar-refractivity contribution is 7.13. The molecular weight excluding hydrogens is 278 g/mol. The van der Waals surface area contributed by atoms with Crippen LogP contribution in [0.4, 0.5) is 5.13 Å². The smallest absolute Gasteiger partial charge is 0.277 e. The number of carbonyl (C=O) groups excluding carboxylic acids is 1. The monoisotopic (exact) mass is 287 g/mol. The Morgan fingerprint density at radius 3 is 2.85 bits per heavy atom. The molecule has 0 aromatic carbocycles. The van der Waals surface area contributed by atoms with E-state index in [9.17, 15) is 4.79 Å². The third kappa shape index (κ3) is 2.52. The Labute approximate surface area is 117 Å². The van der Waals surface area contributed by atoms with E-state index >= 15 is 0 Å². The van der Waals surface area contributed by atoms with Gasteiger partial charge in [0.25, 0.3) is 5.91 Å². The van der Waals surface area contributed by atoms with E-state index in [1.165, 1.54) is 28.7 Å². The van der Waals surface area contributed by atoms with Crippen LogP contribution in [0.2, 0.25) is 0 Å². The Morgan fingerprint density at radius 2 is 2.25 bits per heavy atom. The molecule has 3 heterocycles. The van der Waals surface area contributed by atoms with Crippen LogP contribution in [-0.4, -0.2) is 35.9 Å². The van der Waals surface area contributed by atoms with E-state index < -0.39 is 0 Å². The molecule has 0 saturated heterocycles. The lowest BCUT2D eigenvalue weighted by molar-refractivity contribution is 0.102. The lowest BCUT2D eigenvalue weighted by Crippen LogP contribution is -2.15. The van der Waals surface area contributed by atoms with E-state index in [1.54, 1.807) is 12.1 Å². The lowest BCUT2D eigenvalue weighted by Gasteiger charge is -2.01. The van der Waals surface area contributed by atoms with Gasteiger partial charge in [-0.1, -0.05) is 0 Å². The van der Waals surface area contributed by atoms with Crippen molar-refractivity contribution in [3.05, 3.63) is 41.6 Å². The Balaban J connectivity index is 1.75. The van der Waals surface area contributed by atoms with E-state index in [4.69, 9.17) is 0 Å². The number of thiazole rings is 1. The highest BCUT2D eigenvalue weighted by atomic mass is 32.1. The maximum Gasteiger partial charge on any atom is 0.277 e.